The van der Waals surface area contributed by atoms with Crippen LogP contribution in [0.25, 0.3) is 0 Å². The summed E-state index contributed by atoms with van der Waals surface area (Å²) in [5, 5.41) is 11.7. The number of hydrogen-bond donors (Lipinski definition) is 1. The summed E-state index contributed by atoms with van der Waals surface area (Å²) in [4.78, 5) is 14.4. The van der Waals surface area contributed by atoms with Crippen LogP contribution in [-0.2, 0) is 0 Å². The zero-order valence-corrected chi connectivity index (χ0v) is 11.5. The molecule has 1 aliphatic carbocycles. The molecule has 0 bridgehead atoms. The molecule has 5 heteroatoms. The molecule has 1 aromatic rings. The van der Waals surface area contributed by atoms with Crippen molar-refractivity contribution < 1.29 is 9.90 Å². The molecule has 1 amide bonds. The Morgan fingerprint density at radius 1 is 1.65 bits per heavy atom. The van der Waals surface area contributed by atoms with E-state index in [4.69, 9.17) is 11.6 Å². The van der Waals surface area contributed by atoms with E-state index in [0.29, 0.717) is 22.4 Å². The maximum Gasteiger partial charge on any atom is 0.265 e. The molecule has 0 spiro atoms. The minimum atomic E-state index is -0.170. The number of amides is 1. The number of hydrogen-bond acceptors (Lipinski definition) is 3. The van der Waals surface area contributed by atoms with Crippen LogP contribution in [0.3, 0.4) is 0 Å². The van der Waals surface area contributed by atoms with E-state index in [1.54, 1.807) is 11.9 Å². The zero-order valence-electron chi connectivity index (χ0n) is 9.94. The Hall–Kier alpha value is -0.580. The van der Waals surface area contributed by atoms with E-state index < -0.39 is 0 Å². The number of halogens is 1. The van der Waals surface area contributed by atoms with Crippen molar-refractivity contribution in [2.75, 3.05) is 13.6 Å². The third kappa shape index (κ3) is 2.64. The molecule has 1 saturated carbocycles. The molecule has 0 atom stereocenters. The number of aliphatic hydroxyl groups excluding tert-OH is 1. The van der Waals surface area contributed by atoms with Crippen molar-refractivity contribution in [1.29, 1.82) is 0 Å². The van der Waals surface area contributed by atoms with Gasteiger partial charge in [-0.25, -0.2) is 0 Å². The standard InChI is InChI=1S/C12H16ClNO2S/c1-7-6-17-11(10(7)13)12(16)14(2)5-8-3-9(15)4-8/h6,8-9,15H,3-5H2,1-2H3. The SMILES string of the molecule is Cc1csc(C(=O)N(C)CC2CC(O)C2)c1Cl. The summed E-state index contributed by atoms with van der Waals surface area (Å²) in [7, 11) is 1.79. The largest absolute Gasteiger partial charge is 0.393 e. The van der Waals surface area contributed by atoms with Gasteiger partial charge < -0.3 is 10.0 Å². The van der Waals surface area contributed by atoms with E-state index in [1.165, 1.54) is 11.3 Å². The summed E-state index contributed by atoms with van der Waals surface area (Å²) in [5.41, 5.74) is 0.951. The van der Waals surface area contributed by atoms with Crippen molar-refractivity contribution >= 4 is 28.8 Å². The molecule has 1 N–H and O–H groups in total. The molecule has 17 heavy (non-hydrogen) atoms. The molecule has 0 aromatic carbocycles. The molecule has 1 heterocycles. The fourth-order valence-corrected chi connectivity index (χ4v) is 3.33. The quantitative estimate of drug-likeness (QED) is 0.919. The van der Waals surface area contributed by atoms with E-state index in [9.17, 15) is 9.90 Å². The number of aryl methyl sites for hydroxylation is 1. The van der Waals surface area contributed by atoms with Crippen LogP contribution in [0.15, 0.2) is 5.38 Å². The molecule has 94 valence electrons. The molecule has 1 fully saturated rings. The fourth-order valence-electron chi connectivity index (χ4n) is 2.07. The topological polar surface area (TPSA) is 40.5 Å². The predicted octanol–water partition coefficient (Wildman–Crippen LogP) is 2.55. The van der Waals surface area contributed by atoms with Crippen molar-refractivity contribution in [3.8, 4) is 0 Å². The van der Waals surface area contributed by atoms with Crippen LogP contribution in [0.5, 0.6) is 0 Å². The van der Waals surface area contributed by atoms with Gasteiger partial charge >= 0.3 is 0 Å². The van der Waals surface area contributed by atoms with Gasteiger partial charge in [0.25, 0.3) is 5.91 Å². The third-order valence-electron chi connectivity index (χ3n) is 3.18. The van der Waals surface area contributed by atoms with E-state index in [1.807, 2.05) is 12.3 Å². The average Bonchev–Trinajstić information content (AvgIpc) is 2.56. The number of rotatable bonds is 3. The lowest BCUT2D eigenvalue weighted by atomic mass is 9.82. The van der Waals surface area contributed by atoms with E-state index >= 15 is 0 Å². The lowest BCUT2D eigenvalue weighted by Gasteiger charge is -2.34. The smallest absolute Gasteiger partial charge is 0.265 e. The summed E-state index contributed by atoms with van der Waals surface area (Å²) in [6, 6.07) is 0. The maximum atomic E-state index is 12.1. The molecule has 2 rings (SSSR count). The minimum absolute atomic E-state index is 0.0190. The van der Waals surface area contributed by atoms with Gasteiger partial charge in [0.05, 0.1) is 11.1 Å². The minimum Gasteiger partial charge on any atom is -0.393 e. The first-order valence-electron chi connectivity index (χ1n) is 5.66. The van der Waals surface area contributed by atoms with Crippen molar-refractivity contribution in [3.63, 3.8) is 0 Å². The first-order chi connectivity index (χ1) is 7.99. The van der Waals surface area contributed by atoms with Crippen molar-refractivity contribution in [1.82, 2.24) is 4.90 Å². The highest BCUT2D eigenvalue weighted by atomic mass is 35.5. The maximum absolute atomic E-state index is 12.1. The van der Waals surface area contributed by atoms with Gasteiger partial charge in [0, 0.05) is 13.6 Å². The summed E-state index contributed by atoms with van der Waals surface area (Å²) in [5.74, 6) is 0.410. The summed E-state index contributed by atoms with van der Waals surface area (Å²) in [6.07, 6.45) is 1.43. The first-order valence-corrected chi connectivity index (χ1v) is 6.92. The second-order valence-electron chi connectivity index (χ2n) is 4.74. The highest BCUT2D eigenvalue weighted by molar-refractivity contribution is 7.13. The van der Waals surface area contributed by atoms with Gasteiger partial charge in [-0.3, -0.25) is 4.79 Å². The molecular weight excluding hydrogens is 258 g/mol. The van der Waals surface area contributed by atoms with Crippen molar-refractivity contribution in [2.24, 2.45) is 5.92 Å². The number of carbonyl (C=O) groups excluding carboxylic acids is 1. The van der Waals surface area contributed by atoms with E-state index in [2.05, 4.69) is 0 Å². The van der Waals surface area contributed by atoms with Gasteiger partial charge in [-0.15, -0.1) is 11.3 Å². The zero-order chi connectivity index (χ0) is 12.6. The molecule has 0 unspecified atom stereocenters. The van der Waals surface area contributed by atoms with Gasteiger partial charge in [0.1, 0.15) is 4.88 Å². The Kier molecular flexibility index (Phi) is 3.76. The molecule has 3 nitrogen and oxygen atoms in total. The summed E-state index contributed by atoms with van der Waals surface area (Å²) < 4.78 is 0. The number of carbonyl (C=O) groups is 1. The molecule has 0 aliphatic heterocycles. The lowest BCUT2D eigenvalue weighted by Crippen LogP contribution is -2.39. The van der Waals surface area contributed by atoms with Crippen molar-refractivity contribution in [3.05, 3.63) is 20.8 Å². The van der Waals surface area contributed by atoms with Gasteiger partial charge in [0.2, 0.25) is 0 Å². The van der Waals surface area contributed by atoms with Gasteiger partial charge in [-0.1, -0.05) is 11.6 Å². The number of aliphatic hydroxyl groups is 1. The highest BCUT2D eigenvalue weighted by Gasteiger charge is 2.30. The Balaban J connectivity index is 1.97. The Bertz CT molecular complexity index is 426. The van der Waals surface area contributed by atoms with Crippen LogP contribution in [-0.4, -0.2) is 35.6 Å². The molecule has 1 aliphatic rings. The van der Waals surface area contributed by atoms with Gasteiger partial charge in [-0.05, 0) is 36.6 Å². The Morgan fingerprint density at radius 3 is 2.76 bits per heavy atom. The molecular formula is C12H16ClNO2S. The number of thiophene rings is 1. The van der Waals surface area contributed by atoms with Crippen LogP contribution in [0, 0.1) is 12.8 Å². The molecule has 1 aromatic heterocycles. The highest BCUT2D eigenvalue weighted by Crippen LogP contribution is 2.30. The molecule has 0 radical (unpaired) electrons. The van der Waals surface area contributed by atoms with Crippen LogP contribution < -0.4 is 0 Å². The van der Waals surface area contributed by atoms with Gasteiger partial charge in [0.15, 0.2) is 0 Å². The van der Waals surface area contributed by atoms with Gasteiger partial charge in [-0.2, -0.15) is 0 Å². The predicted molar refractivity (Wildman–Crippen MR) is 69.8 cm³/mol. The monoisotopic (exact) mass is 273 g/mol. The number of nitrogens with zero attached hydrogens (tertiary/aromatic N) is 1. The average molecular weight is 274 g/mol. The Labute approximate surface area is 110 Å². The lowest BCUT2D eigenvalue weighted by molar-refractivity contribution is 0.0266. The fraction of sp³-hybridized carbons (Fsp3) is 0.583. The van der Waals surface area contributed by atoms with E-state index in [-0.39, 0.29) is 12.0 Å². The first kappa shape index (κ1) is 12.9. The Morgan fingerprint density at radius 2 is 2.29 bits per heavy atom. The van der Waals surface area contributed by atoms with Crippen molar-refractivity contribution in [2.45, 2.75) is 25.9 Å². The normalized spacial score (nSPS) is 23.3. The summed E-state index contributed by atoms with van der Waals surface area (Å²) in [6.45, 7) is 2.60. The second kappa shape index (κ2) is 4.96. The molecule has 0 saturated heterocycles. The van der Waals surface area contributed by atoms with Crippen LogP contribution in [0.4, 0.5) is 0 Å². The van der Waals surface area contributed by atoms with Crippen LogP contribution >= 0.6 is 22.9 Å². The third-order valence-corrected chi connectivity index (χ3v) is 4.87. The van der Waals surface area contributed by atoms with E-state index in [0.717, 1.165) is 18.4 Å². The van der Waals surface area contributed by atoms with Crippen LogP contribution in [0.1, 0.15) is 28.1 Å². The van der Waals surface area contributed by atoms with Crippen LogP contribution in [0.2, 0.25) is 5.02 Å². The second-order valence-corrected chi connectivity index (χ2v) is 6.00. The summed E-state index contributed by atoms with van der Waals surface area (Å²) >= 11 is 7.47.